The van der Waals surface area contributed by atoms with Crippen molar-refractivity contribution in [1.82, 2.24) is 9.78 Å². The second-order valence-corrected chi connectivity index (χ2v) is 10.5. The molecular formula is C29H38N4O5SV. The maximum absolute atomic E-state index is 13.2. The van der Waals surface area contributed by atoms with E-state index in [1.54, 1.807) is 30.5 Å². The average Bonchev–Trinajstić information content (AvgIpc) is 3.45. The molecule has 9 nitrogen and oxygen atoms in total. The first-order valence-electron chi connectivity index (χ1n) is 13.5. The first-order valence-corrected chi connectivity index (χ1v) is 15.0. The summed E-state index contributed by atoms with van der Waals surface area (Å²) in [6.07, 6.45) is 8.26. The van der Waals surface area contributed by atoms with E-state index in [4.69, 9.17) is 15.2 Å². The van der Waals surface area contributed by atoms with Crippen LogP contribution < -0.4 is 16.0 Å². The minimum Gasteiger partial charge on any atom is -0.493 e. The summed E-state index contributed by atoms with van der Waals surface area (Å²) in [5.41, 5.74) is 6.99. The molecule has 0 spiro atoms. The summed E-state index contributed by atoms with van der Waals surface area (Å²) in [5.74, 6) is 0.717. The Kier molecular flexibility index (Phi) is 13.1. The van der Waals surface area contributed by atoms with E-state index in [1.807, 2.05) is 27.7 Å². The van der Waals surface area contributed by atoms with E-state index in [1.165, 1.54) is 29.1 Å². The molecule has 1 radical (unpaired) electrons. The van der Waals surface area contributed by atoms with Crippen LogP contribution in [0.4, 0.5) is 0 Å². The van der Waals surface area contributed by atoms with Gasteiger partial charge in [0.1, 0.15) is 12.0 Å². The fourth-order valence-corrected chi connectivity index (χ4v) is 5.56. The molecule has 5 rings (SSSR count). The van der Waals surface area contributed by atoms with Crippen LogP contribution in [-0.4, -0.2) is 43.9 Å². The summed E-state index contributed by atoms with van der Waals surface area (Å²) in [6, 6.07) is 9.31. The van der Waals surface area contributed by atoms with Crippen LogP contribution >= 0.6 is 0 Å². The van der Waals surface area contributed by atoms with Crippen LogP contribution in [0.15, 0.2) is 73.9 Å². The summed E-state index contributed by atoms with van der Waals surface area (Å²) in [5, 5.41) is 4.99. The van der Waals surface area contributed by atoms with Crippen molar-refractivity contribution in [2.75, 3.05) is 13.2 Å². The molecule has 0 aliphatic carbocycles. The number of fused-ring (bicyclic) bond motifs is 2. The number of hydrogen-bond donors (Lipinski definition) is 1. The van der Waals surface area contributed by atoms with Gasteiger partial charge in [0, 0.05) is 48.9 Å². The molecule has 3 aromatic rings. The Balaban J connectivity index is 0.00000107. The van der Waals surface area contributed by atoms with Gasteiger partial charge in [-0.1, -0.05) is 27.7 Å². The molecule has 0 amide bonds. The number of ether oxygens (including phenoxy) is 2. The predicted molar refractivity (Wildman–Crippen MR) is 154 cm³/mol. The average molecular weight is 606 g/mol. The first-order chi connectivity index (χ1) is 18.9. The summed E-state index contributed by atoms with van der Waals surface area (Å²) in [7, 11) is -3.76. The van der Waals surface area contributed by atoms with Gasteiger partial charge in [-0.15, -0.1) is 0 Å². The van der Waals surface area contributed by atoms with Gasteiger partial charge < -0.3 is 15.2 Å². The SMILES string of the molecule is CC.CC.N/C(=C\C=N\C1CCCCO1)Cn1ncc2cc(S(=O)(=O)c3ccc4c(c3)CCO4)ccc2c1=O.[V]. The summed E-state index contributed by atoms with van der Waals surface area (Å²) in [4.78, 5) is 17.6. The Morgan fingerprint density at radius 2 is 1.82 bits per heavy atom. The van der Waals surface area contributed by atoms with Gasteiger partial charge in [-0.25, -0.2) is 13.1 Å². The van der Waals surface area contributed by atoms with Gasteiger partial charge in [0.2, 0.25) is 9.84 Å². The van der Waals surface area contributed by atoms with Crippen molar-refractivity contribution >= 4 is 26.8 Å². The first kappa shape index (κ1) is 33.3. The molecule has 40 heavy (non-hydrogen) atoms. The van der Waals surface area contributed by atoms with Gasteiger partial charge in [-0.05, 0) is 67.3 Å². The molecule has 11 heteroatoms. The fourth-order valence-electron chi connectivity index (χ4n) is 4.21. The molecule has 1 unspecified atom stereocenters. The van der Waals surface area contributed by atoms with Crippen LogP contribution in [-0.2, 0) is 46.1 Å². The van der Waals surface area contributed by atoms with Crippen molar-refractivity contribution < 1.29 is 36.4 Å². The molecule has 2 N–H and O–H groups in total. The number of allylic oxidation sites excluding steroid dienone is 2. The number of aliphatic imine (C=N–C) groups is 1. The zero-order valence-electron chi connectivity index (χ0n) is 23.5. The number of benzene rings is 2. The molecule has 2 aromatic carbocycles. The summed E-state index contributed by atoms with van der Waals surface area (Å²) >= 11 is 0. The van der Waals surface area contributed by atoms with Crippen molar-refractivity contribution in [3.8, 4) is 5.75 Å². The van der Waals surface area contributed by atoms with Gasteiger partial charge in [0.05, 0.1) is 34.5 Å². The summed E-state index contributed by atoms with van der Waals surface area (Å²) in [6.45, 7) is 9.35. The van der Waals surface area contributed by atoms with Gasteiger partial charge >= 0.3 is 0 Å². The number of nitrogens with two attached hydrogens (primary N) is 1. The maximum Gasteiger partial charge on any atom is 0.274 e. The van der Waals surface area contributed by atoms with Gasteiger partial charge in [-0.3, -0.25) is 9.79 Å². The topological polar surface area (TPSA) is 126 Å². The molecule has 3 heterocycles. The third kappa shape index (κ3) is 7.84. The number of rotatable bonds is 6. The molecule has 215 valence electrons. The van der Waals surface area contributed by atoms with Crippen molar-refractivity contribution in [2.45, 2.75) is 75.9 Å². The Hall–Kier alpha value is -2.92. The monoisotopic (exact) mass is 605 g/mol. The Morgan fingerprint density at radius 3 is 2.55 bits per heavy atom. The van der Waals surface area contributed by atoms with E-state index in [-0.39, 0.29) is 46.7 Å². The minimum atomic E-state index is -3.76. The molecule has 2 aliphatic heterocycles. The van der Waals surface area contributed by atoms with Crippen molar-refractivity contribution in [3.63, 3.8) is 0 Å². The Bertz CT molecular complexity index is 1500. The van der Waals surface area contributed by atoms with Crippen LogP contribution in [0.25, 0.3) is 10.8 Å². The number of sulfone groups is 1. The molecular weight excluding hydrogens is 567 g/mol. The molecule has 1 fully saturated rings. The van der Waals surface area contributed by atoms with Crippen molar-refractivity contribution in [2.24, 2.45) is 10.7 Å². The van der Waals surface area contributed by atoms with E-state index in [2.05, 4.69) is 10.1 Å². The van der Waals surface area contributed by atoms with Gasteiger partial charge in [0.25, 0.3) is 5.56 Å². The van der Waals surface area contributed by atoms with Gasteiger partial charge in [0.15, 0.2) is 0 Å². The van der Waals surface area contributed by atoms with E-state index >= 15 is 0 Å². The predicted octanol–water partition coefficient (Wildman–Crippen LogP) is 4.65. The zero-order valence-corrected chi connectivity index (χ0v) is 25.8. The Morgan fingerprint density at radius 1 is 1.10 bits per heavy atom. The van der Waals surface area contributed by atoms with Crippen molar-refractivity contribution in [1.29, 1.82) is 0 Å². The third-order valence-electron chi connectivity index (χ3n) is 6.13. The Labute approximate surface area is 248 Å². The molecule has 0 bridgehead atoms. The molecule has 0 saturated carbocycles. The zero-order chi connectivity index (χ0) is 28.4. The number of aromatic nitrogens is 2. The largest absolute Gasteiger partial charge is 0.493 e. The van der Waals surface area contributed by atoms with Crippen LogP contribution in [0.1, 0.15) is 52.5 Å². The van der Waals surface area contributed by atoms with Crippen molar-refractivity contribution in [3.05, 3.63) is 70.3 Å². The van der Waals surface area contributed by atoms with Gasteiger partial charge in [-0.2, -0.15) is 5.10 Å². The number of nitrogens with zero attached hydrogens (tertiary/aromatic N) is 3. The minimum absolute atomic E-state index is 0. The van der Waals surface area contributed by atoms with E-state index in [9.17, 15) is 13.2 Å². The summed E-state index contributed by atoms with van der Waals surface area (Å²) < 4.78 is 38.7. The quantitative estimate of drug-likeness (QED) is 0.406. The maximum atomic E-state index is 13.2. The second-order valence-electron chi connectivity index (χ2n) is 8.59. The fraction of sp³-hybridized carbons (Fsp3) is 0.414. The second kappa shape index (κ2) is 15.8. The number of hydrogen-bond acceptors (Lipinski definition) is 8. The molecule has 1 atom stereocenters. The van der Waals surface area contributed by atoms with Crippen LogP contribution in [0.5, 0.6) is 5.75 Å². The normalized spacial score (nSPS) is 16.6. The van der Waals surface area contributed by atoms with E-state index < -0.39 is 9.84 Å². The molecule has 1 saturated heterocycles. The smallest absolute Gasteiger partial charge is 0.274 e. The van der Waals surface area contributed by atoms with E-state index in [0.29, 0.717) is 41.9 Å². The standard InChI is InChI=1S/C25H26N4O5S.2C2H6.V/c26-19(8-10-27-24-3-1-2-11-34-24)16-29-25(30)22-6-4-20(14-18(22)15-28-29)35(31,32)21-5-7-23-17(13-21)9-12-33-23;2*1-2;/h4-8,10,13-15,24H,1-3,9,11-12,16,26H2;2*1-2H3;/b19-8-,27-10+;;;. The van der Waals surface area contributed by atoms with Crippen LogP contribution in [0, 0.1) is 0 Å². The molecule has 2 aliphatic rings. The van der Waals surface area contributed by atoms with Crippen LogP contribution in [0.2, 0.25) is 0 Å². The van der Waals surface area contributed by atoms with E-state index in [0.717, 1.165) is 24.8 Å². The molecule has 1 aromatic heterocycles. The third-order valence-corrected chi connectivity index (χ3v) is 7.88. The van der Waals surface area contributed by atoms with Crippen LogP contribution in [0.3, 0.4) is 0 Å².